The minimum atomic E-state index is 0.486. The van der Waals surface area contributed by atoms with Crippen molar-refractivity contribution in [3.63, 3.8) is 0 Å². The van der Waals surface area contributed by atoms with Gasteiger partial charge in [-0.05, 0) is 42.7 Å². The molecule has 3 heterocycles. The average Bonchev–Trinajstić information content (AvgIpc) is 3.32. The van der Waals surface area contributed by atoms with Gasteiger partial charge in [0.05, 0.1) is 21.9 Å². The van der Waals surface area contributed by atoms with Crippen molar-refractivity contribution in [2.24, 2.45) is 0 Å². The quantitative estimate of drug-likeness (QED) is 0.578. The Hall–Kier alpha value is -2.09. The van der Waals surface area contributed by atoms with Crippen molar-refractivity contribution in [1.29, 1.82) is 0 Å². The predicted molar refractivity (Wildman–Crippen MR) is 109 cm³/mol. The summed E-state index contributed by atoms with van der Waals surface area (Å²) in [6.45, 7) is 2.97. The molecule has 4 aromatic rings. The molecule has 2 aromatic heterocycles. The summed E-state index contributed by atoms with van der Waals surface area (Å²) in [5, 5.41) is 4.86. The van der Waals surface area contributed by atoms with Gasteiger partial charge in [0.25, 0.3) is 0 Å². The number of nitrogens with zero attached hydrogens (tertiary/aromatic N) is 4. The zero-order valence-electron chi connectivity index (χ0n) is 14.3. The van der Waals surface area contributed by atoms with Crippen LogP contribution in [0.15, 0.2) is 42.5 Å². The van der Waals surface area contributed by atoms with Crippen LogP contribution in [-0.4, -0.2) is 32.9 Å². The van der Waals surface area contributed by atoms with E-state index in [1.807, 2.05) is 0 Å². The Balaban J connectivity index is 1.26. The lowest BCUT2D eigenvalue weighted by Crippen LogP contribution is -2.45. The van der Waals surface area contributed by atoms with Gasteiger partial charge >= 0.3 is 0 Å². The fourth-order valence-electron chi connectivity index (χ4n) is 3.51. The van der Waals surface area contributed by atoms with Gasteiger partial charge in [0.2, 0.25) is 0 Å². The van der Waals surface area contributed by atoms with Crippen molar-refractivity contribution in [3.8, 4) is 0 Å². The summed E-state index contributed by atoms with van der Waals surface area (Å²) in [5.41, 5.74) is 4.35. The third-order valence-corrected chi connectivity index (χ3v) is 6.54. The molecule has 2 aromatic carbocycles. The summed E-state index contributed by atoms with van der Waals surface area (Å²) in [6, 6.07) is 15.2. The maximum absolute atomic E-state index is 4.82. The van der Waals surface area contributed by atoms with E-state index in [1.165, 1.54) is 34.8 Å². The molecule has 0 amide bonds. The van der Waals surface area contributed by atoms with Crippen molar-refractivity contribution in [2.75, 3.05) is 18.0 Å². The van der Waals surface area contributed by atoms with E-state index in [1.54, 1.807) is 11.3 Å². The van der Waals surface area contributed by atoms with Gasteiger partial charge in [0, 0.05) is 25.7 Å². The number of thiazole rings is 1. The summed E-state index contributed by atoms with van der Waals surface area (Å²) in [7, 11) is 0. The minimum Gasteiger partial charge on any atom is -0.347 e. The number of hydrogen-bond acceptors (Lipinski definition) is 7. The lowest BCUT2D eigenvalue weighted by molar-refractivity contribution is 0.421. The molecule has 1 atom stereocenters. The number of rotatable bonds is 4. The first kappa shape index (κ1) is 16.1. The van der Waals surface area contributed by atoms with Crippen LogP contribution in [0.25, 0.3) is 21.3 Å². The molecule has 0 spiro atoms. The molecule has 5 rings (SSSR count). The number of hydrogen-bond donors (Lipinski definition) is 1. The number of para-hydroxylation sites is 1. The average molecular weight is 382 g/mol. The van der Waals surface area contributed by atoms with Crippen LogP contribution in [0.2, 0.25) is 0 Å². The number of benzene rings is 2. The normalized spacial score (nSPS) is 18.0. The topological polar surface area (TPSA) is 53.9 Å². The van der Waals surface area contributed by atoms with Gasteiger partial charge in [0.15, 0.2) is 5.13 Å². The molecule has 1 fully saturated rings. The molecule has 1 aliphatic rings. The number of nitrogens with one attached hydrogen (secondary N) is 1. The first-order chi connectivity index (χ1) is 12.8. The van der Waals surface area contributed by atoms with Crippen molar-refractivity contribution >= 4 is 49.4 Å². The molecule has 1 unspecified atom stereocenters. The number of aromatic nitrogens is 3. The van der Waals surface area contributed by atoms with Crippen LogP contribution in [0.1, 0.15) is 18.4 Å². The van der Waals surface area contributed by atoms with Crippen LogP contribution in [0.5, 0.6) is 0 Å². The van der Waals surface area contributed by atoms with E-state index < -0.39 is 0 Å². The monoisotopic (exact) mass is 381 g/mol. The second-order valence-electron chi connectivity index (χ2n) is 6.72. The fourth-order valence-corrected chi connectivity index (χ4v) is 5.03. The van der Waals surface area contributed by atoms with Gasteiger partial charge in [-0.1, -0.05) is 29.5 Å². The molecule has 0 bridgehead atoms. The second kappa shape index (κ2) is 6.90. The van der Waals surface area contributed by atoms with Crippen LogP contribution >= 0.6 is 23.1 Å². The molecule has 1 N–H and O–H groups in total. The van der Waals surface area contributed by atoms with E-state index in [4.69, 9.17) is 4.98 Å². The molecule has 0 radical (unpaired) electrons. The van der Waals surface area contributed by atoms with Crippen molar-refractivity contribution in [3.05, 3.63) is 48.0 Å². The summed E-state index contributed by atoms with van der Waals surface area (Å²) in [6.07, 6.45) is 2.41. The van der Waals surface area contributed by atoms with Gasteiger partial charge in [0.1, 0.15) is 11.0 Å². The number of anilines is 1. The summed E-state index contributed by atoms with van der Waals surface area (Å²) in [4.78, 5) is 7.25. The van der Waals surface area contributed by atoms with Gasteiger partial charge < -0.3 is 10.2 Å². The van der Waals surface area contributed by atoms with Gasteiger partial charge in [-0.15, -0.1) is 0 Å². The molecule has 132 valence electrons. The van der Waals surface area contributed by atoms with Crippen molar-refractivity contribution in [1.82, 2.24) is 19.0 Å². The Kier molecular flexibility index (Phi) is 4.28. The van der Waals surface area contributed by atoms with Crippen LogP contribution in [0.3, 0.4) is 0 Å². The Labute approximate surface area is 160 Å². The molecular weight excluding hydrogens is 362 g/mol. The van der Waals surface area contributed by atoms with Crippen molar-refractivity contribution < 1.29 is 0 Å². The maximum atomic E-state index is 4.82. The third-order valence-electron chi connectivity index (χ3n) is 4.89. The van der Waals surface area contributed by atoms with Crippen LogP contribution in [-0.2, 0) is 6.54 Å². The lowest BCUT2D eigenvalue weighted by atomic mass is 10.1. The predicted octanol–water partition coefficient (Wildman–Crippen LogP) is 4.06. The van der Waals surface area contributed by atoms with Crippen LogP contribution in [0, 0.1) is 0 Å². The highest BCUT2D eigenvalue weighted by atomic mass is 32.1. The van der Waals surface area contributed by atoms with Gasteiger partial charge in [-0.3, -0.25) is 0 Å². The van der Waals surface area contributed by atoms with E-state index >= 15 is 0 Å². The third kappa shape index (κ3) is 3.18. The van der Waals surface area contributed by atoms with E-state index in [0.29, 0.717) is 6.04 Å². The standard InChI is InChI=1S/C19H19N5S2/c1-2-6-18-16(5-1)21-19(25-18)24-9-3-4-14(12-24)20-11-13-7-8-15-17(10-13)23-26-22-15/h1-2,5-8,10,14,20H,3-4,9,11-12H2. The Morgan fingerprint density at radius 1 is 1.08 bits per heavy atom. The summed E-state index contributed by atoms with van der Waals surface area (Å²) >= 11 is 3.07. The highest BCUT2D eigenvalue weighted by Crippen LogP contribution is 2.30. The molecule has 0 aliphatic carbocycles. The Morgan fingerprint density at radius 2 is 2.00 bits per heavy atom. The first-order valence-corrected chi connectivity index (χ1v) is 10.4. The van der Waals surface area contributed by atoms with E-state index in [9.17, 15) is 0 Å². The number of piperidine rings is 1. The number of fused-ring (bicyclic) bond motifs is 2. The first-order valence-electron chi connectivity index (χ1n) is 8.90. The highest BCUT2D eigenvalue weighted by molar-refractivity contribution is 7.22. The van der Waals surface area contributed by atoms with Crippen LogP contribution < -0.4 is 10.2 Å². The molecule has 1 saturated heterocycles. The molecule has 1 aliphatic heterocycles. The second-order valence-corrected chi connectivity index (χ2v) is 8.26. The fraction of sp³-hybridized carbons (Fsp3) is 0.316. The van der Waals surface area contributed by atoms with E-state index in [2.05, 4.69) is 61.4 Å². The van der Waals surface area contributed by atoms with Gasteiger partial charge in [-0.25, -0.2) is 4.98 Å². The molecule has 5 nitrogen and oxygen atoms in total. The van der Waals surface area contributed by atoms with Crippen LogP contribution in [0.4, 0.5) is 5.13 Å². The molecule has 26 heavy (non-hydrogen) atoms. The highest BCUT2D eigenvalue weighted by Gasteiger charge is 2.22. The zero-order chi connectivity index (χ0) is 17.3. The molecule has 7 heteroatoms. The Morgan fingerprint density at radius 3 is 2.96 bits per heavy atom. The van der Waals surface area contributed by atoms with E-state index in [0.717, 1.165) is 41.3 Å². The van der Waals surface area contributed by atoms with Crippen molar-refractivity contribution in [2.45, 2.75) is 25.4 Å². The largest absolute Gasteiger partial charge is 0.347 e. The Bertz CT molecular complexity index is 1010. The van der Waals surface area contributed by atoms with E-state index in [-0.39, 0.29) is 0 Å². The molecular formula is C19H19N5S2. The maximum Gasteiger partial charge on any atom is 0.186 e. The summed E-state index contributed by atoms with van der Waals surface area (Å²) in [5.74, 6) is 0. The lowest BCUT2D eigenvalue weighted by Gasteiger charge is -2.33. The smallest absolute Gasteiger partial charge is 0.186 e. The summed E-state index contributed by atoms with van der Waals surface area (Å²) < 4.78 is 9.87. The van der Waals surface area contributed by atoms with Gasteiger partial charge in [-0.2, -0.15) is 8.75 Å². The SMILES string of the molecule is c1ccc2sc(N3CCCC(NCc4ccc5nsnc5c4)C3)nc2c1. The zero-order valence-corrected chi connectivity index (χ0v) is 15.9. The molecule has 0 saturated carbocycles. The minimum absolute atomic E-state index is 0.486.